The van der Waals surface area contributed by atoms with Crippen molar-refractivity contribution < 1.29 is 14.6 Å². The van der Waals surface area contributed by atoms with E-state index in [0.717, 1.165) is 28.9 Å². The molecule has 1 aromatic carbocycles. The Bertz CT molecular complexity index is 408. The number of carboxylic acids is 1. The minimum atomic E-state index is -0.821. The summed E-state index contributed by atoms with van der Waals surface area (Å²) in [5, 5.41) is 9.00. The van der Waals surface area contributed by atoms with Crippen molar-refractivity contribution in [2.75, 3.05) is 7.11 Å². The maximum absolute atomic E-state index is 11.0. The van der Waals surface area contributed by atoms with Crippen LogP contribution in [0.25, 0.3) is 0 Å². The summed E-state index contributed by atoms with van der Waals surface area (Å²) in [6.07, 6.45) is 0.860. The van der Waals surface area contributed by atoms with Crippen LogP contribution < -0.4 is 4.74 Å². The van der Waals surface area contributed by atoms with Gasteiger partial charge in [-0.2, -0.15) is 0 Å². The Morgan fingerprint density at radius 1 is 1.41 bits per heavy atom. The molecule has 0 aromatic heterocycles. The lowest BCUT2D eigenvalue weighted by atomic mass is 9.91. The second-order valence-corrected chi connectivity index (χ2v) is 4.40. The molecule has 0 atom stereocenters. The standard InChI is InChI=1S/C14H20O3/c1-5-10-6-7-11(9(2)3)12(8-13(15)16)14(10)17-4/h6-7,9H,5,8H2,1-4H3,(H,15,16). The largest absolute Gasteiger partial charge is 0.496 e. The first-order chi connectivity index (χ1) is 8.01. The molecule has 0 amide bonds. The summed E-state index contributed by atoms with van der Waals surface area (Å²) in [5.41, 5.74) is 2.93. The number of carboxylic acid groups (broad SMARTS) is 1. The predicted octanol–water partition coefficient (Wildman–Crippen LogP) is 3.01. The van der Waals surface area contributed by atoms with E-state index in [2.05, 4.69) is 13.8 Å². The summed E-state index contributed by atoms with van der Waals surface area (Å²) >= 11 is 0. The Morgan fingerprint density at radius 2 is 2.06 bits per heavy atom. The lowest BCUT2D eigenvalue weighted by Crippen LogP contribution is -2.08. The van der Waals surface area contributed by atoms with Crippen LogP contribution in [0.1, 0.15) is 43.4 Å². The highest BCUT2D eigenvalue weighted by atomic mass is 16.5. The minimum Gasteiger partial charge on any atom is -0.496 e. The molecule has 3 nitrogen and oxygen atoms in total. The van der Waals surface area contributed by atoms with Crippen LogP contribution in [0.5, 0.6) is 5.75 Å². The fraction of sp³-hybridized carbons (Fsp3) is 0.500. The molecule has 0 saturated heterocycles. The van der Waals surface area contributed by atoms with Gasteiger partial charge in [0.1, 0.15) is 5.75 Å². The molecule has 1 N–H and O–H groups in total. The van der Waals surface area contributed by atoms with E-state index in [4.69, 9.17) is 9.84 Å². The molecule has 0 bridgehead atoms. The smallest absolute Gasteiger partial charge is 0.307 e. The Labute approximate surface area is 102 Å². The number of carbonyl (C=O) groups is 1. The second kappa shape index (κ2) is 5.71. The molecule has 1 rings (SSSR count). The number of rotatable bonds is 5. The van der Waals surface area contributed by atoms with Gasteiger partial charge in [-0.3, -0.25) is 4.79 Å². The molecule has 94 valence electrons. The average Bonchev–Trinajstić information content (AvgIpc) is 2.27. The Balaban J connectivity index is 3.38. The summed E-state index contributed by atoms with van der Waals surface area (Å²) in [7, 11) is 1.60. The first kappa shape index (κ1) is 13.6. The highest BCUT2D eigenvalue weighted by molar-refractivity contribution is 5.72. The molecule has 0 aliphatic carbocycles. The third kappa shape index (κ3) is 2.99. The van der Waals surface area contributed by atoms with Crippen LogP contribution in [0.2, 0.25) is 0 Å². The zero-order valence-corrected chi connectivity index (χ0v) is 10.9. The molecule has 0 heterocycles. The number of aliphatic carboxylic acids is 1. The Hall–Kier alpha value is -1.51. The van der Waals surface area contributed by atoms with Crippen LogP contribution in [-0.2, 0) is 17.6 Å². The number of methoxy groups -OCH3 is 1. The van der Waals surface area contributed by atoms with E-state index in [1.165, 1.54) is 0 Å². The van der Waals surface area contributed by atoms with Gasteiger partial charge in [-0.05, 0) is 23.5 Å². The van der Waals surface area contributed by atoms with Crippen molar-refractivity contribution >= 4 is 5.97 Å². The number of hydrogen-bond acceptors (Lipinski definition) is 2. The van der Waals surface area contributed by atoms with Gasteiger partial charge >= 0.3 is 5.97 Å². The van der Waals surface area contributed by atoms with Gasteiger partial charge in [0, 0.05) is 5.56 Å². The van der Waals surface area contributed by atoms with Crippen molar-refractivity contribution in [2.24, 2.45) is 0 Å². The molecule has 1 aromatic rings. The summed E-state index contributed by atoms with van der Waals surface area (Å²) in [5.74, 6) is 0.212. The topological polar surface area (TPSA) is 46.5 Å². The number of ether oxygens (including phenoxy) is 1. The summed E-state index contributed by atoms with van der Waals surface area (Å²) in [6.45, 7) is 6.16. The molecule has 0 aliphatic rings. The van der Waals surface area contributed by atoms with Gasteiger partial charge in [0.25, 0.3) is 0 Å². The SMILES string of the molecule is CCc1ccc(C(C)C)c(CC(=O)O)c1OC. The van der Waals surface area contributed by atoms with Crippen LogP contribution in [0, 0.1) is 0 Å². The van der Waals surface area contributed by atoms with Crippen molar-refractivity contribution in [1.29, 1.82) is 0 Å². The highest BCUT2D eigenvalue weighted by Gasteiger charge is 2.17. The summed E-state index contributed by atoms with van der Waals surface area (Å²) in [6, 6.07) is 4.05. The Morgan fingerprint density at radius 3 is 2.47 bits per heavy atom. The van der Waals surface area contributed by atoms with Gasteiger partial charge in [-0.15, -0.1) is 0 Å². The number of benzene rings is 1. The minimum absolute atomic E-state index is 0.0184. The molecule has 0 aliphatic heterocycles. The highest BCUT2D eigenvalue weighted by Crippen LogP contribution is 2.32. The third-order valence-corrected chi connectivity index (χ3v) is 2.91. The lowest BCUT2D eigenvalue weighted by Gasteiger charge is -2.18. The molecule has 0 spiro atoms. The number of aryl methyl sites for hydroxylation is 1. The first-order valence-corrected chi connectivity index (χ1v) is 5.91. The molecule has 17 heavy (non-hydrogen) atoms. The second-order valence-electron chi connectivity index (χ2n) is 4.40. The van der Waals surface area contributed by atoms with E-state index in [0.29, 0.717) is 5.92 Å². The maximum atomic E-state index is 11.0. The molecule has 0 saturated carbocycles. The zero-order chi connectivity index (χ0) is 13.0. The van der Waals surface area contributed by atoms with Crippen molar-refractivity contribution in [3.63, 3.8) is 0 Å². The van der Waals surface area contributed by atoms with Crippen LogP contribution in [0.3, 0.4) is 0 Å². The normalized spacial score (nSPS) is 10.6. The average molecular weight is 236 g/mol. The maximum Gasteiger partial charge on any atom is 0.307 e. The van der Waals surface area contributed by atoms with Crippen molar-refractivity contribution in [3.8, 4) is 5.75 Å². The van der Waals surface area contributed by atoms with Crippen molar-refractivity contribution in [3.05, 3.63) is 28.8 Å². The zero-order valence-electron chi connectivity index (χ0n) is 10.9. The van der Waals surface area contributed by atoms with Gasteiger partial charge < -0.3 is 9.84 Å². The van der Waals surface area contributed by atoms with Crippen LogP contribution in [-0.4, -0.2) is 18.2 Å². The van der Waals surface area contributed by atoms with E-state index in [9.17, 15) is 4.79 Å². The van der Waals surface area contributed by atoms with Crippen molar-refractivity contribution in [2.45, 2.75) is 39.5 Å². The molecular formula is C14H20O3. The molecular weight excluding hydrogens is 216 g/mol. The van der Waals surface area contributed by atoms with E-state index in [-0.39, 0.29) is 6.42 Å². The molecule has 0 radical (unpaired) electrons. The van der Waals surface area contributed by atoms with Crippen molar-refractivity contribution in [1.82, 2.24) is 0 Å². The Kier molecular flexibility index (Phi) is 4.55. The van der Waals surface area contributed by atoms with E-state index >= 15 is 0 Å². The predicted molar refractivity (Wildman–Crippen MR) is 67.8 cm³/mol. The number of hydrogen-bond donors (Lipinski definition) is 1. The molecule has 0 unspecified atom stereocenters. The van der Waals surface area contributed by atoms with E-state index in [1.807, 2.05) is 19.1 Å². The monoisotopic (exact) mass is 236 g/mol. The fourth-order valence-electron chi connectivity index (χ4n) is 2.10. The summed E-state index contributed by atoms with van der Waals surface area (Å²) < 4.78 is 5.40. The lowest BCUT2D eigenvalue weighted by molar-refractivity contribution is -0.136. The van der Waals surface area contributed by atoms with E-state index in [1.54, 1.807) is 7.11 Å². The van der Waals surface area contributed by atoms with Gasteiger partial charge in [0.05, 0.1) is 13.5 Å². The van der Waals surface area contributed by atoms with Gasteiger partial charge in [-0.1, -0.05) is 32.9 Å². The summed E-state index contributed by atoms with van der Waals surface area (Å²) in [4.78, 5) is 11.0. The molecule has 0 fully saturated rings. The van der Waals surface area contributed by atoms with E-state index < -0.39 is 5.97 Å². The first-order valence-electron chi connectivity index (χ1n) is 5.91. The van der Waals surface area contributed by atoms with Gasteiger partial charge in [0.15, 0.2) is 0 Å². The fourth-order valence-corrected chi connectivity index (χ4v) is 2.10. The third-order valence-electron chi connectivity index (χ3n) is 2.91. The quantitative estimate of drug-likeness (QED) is 0.854. The van der Waals surface area contributed by atoms with Gasteiger partial charge in [-0.25, -0.2) is 0 Å². The van der Waals surface area contributed by atoms with Crippen LogP contribution in [0.15, 0.2) is 12.1 Å². The molecule has 3 heteroatoms. The van der Waals surface area contributed by atoms with Gasteiger partial charge in [0.2, 0.25) is 0 Å². The van der Waals surface area contributed by atoms with Crippen LogP contribution >= 0.6 is 0 Å². The van der Waals surface area contributed by atoms with Crippen LogP contribution in [0.4, 0.5) is 0 Å².